The summed E-state index contributed by atoms with van der Waals surface area (Å²) in [6.07, 6.45) is 5.51. The fraction of sp³-hybridized carbons (Fsp3) is 0.667. The summed E-state index contributed by atoms with van der Waals surface area (Å²) < 4.78 is 0. The summed E-state index contributed by atoms with van der Waals surface area (Å²) in [5, 5.41) is 10.7. The molecule has 1 heterocycles. The third-order valence-electron chi connectivity index (χ3n) is 5.39. The van der Waals surface area contributed by atoms with Crippen molar-refractivity contribution in [1.82, 2.24) is 9.80 Å². The molecule has 1 aromatic carbocycles. The maximum Gasteiger partial charge on any atom is 0.269 e. The Morgan fingerprint density at radius 1 is 1.13 bits per heavy atom. The number of piperazine rings is 1. The molecule has 23 heavy (non-hydrogen) atoms. The number of nitro groups is 1. The lowest BCUT2D eigenvalue weighted by molar-refractivity contribution is -0.384. The van der Waals surface area contributed by atoms with Crippen LogP contribution in [0.3, 0.4) is 0 Å². The molecule has 0 unspecified atom stereocenters. The van der Waals surface area contributed by atoms with E-state index in [-0.39, 0.29) is 10.6 Å². The fourth-order valence-electron chi connectivity index (χ4n) is 4.00. The Balaban J connectivity index is 1.48. The molecular weight excluding hydrogens is 290 g/mol. The highest BCUT2D eigenvalue weighted by atomic mass is 16.6. The molecule has 5 nitrogen and oxygen atoms in total. The van der Waals surface area contributed by atoms with E-state index in [0.717, 1.165) is 50.2 Å². The highest BCUT2D eigenvalue weighted by Gasteiger charge is 2.27. The quantitative estimate of drug-likeness (QED) is 0.631. The summed E-state index contributed by atoms with van der Waals surface area (Å²) >= 11 is 0. The van der Waals surface area contributed by atoms with E-state index in [4.69, 9.17) is 0 Å². The number of hydrogen-bond acceptors (Lipinski definition) is 4. The van der Waals surface area contributed by atoms with Crippen LogP contribution < -0.4 is 0 Å². The van der Waals surface area contributed by atoms with Crippen LogP contribution in [0.5, 0.6) is 0 Å². The van der Waals surface area contributed by atoms with Crippen molar-refractivity contribution in [2.75, 3.05) is 26.2 Å². The second-order valence-corrected chi connectivity index (χ2v) is 7.16. The van der Waals surface area contributed by atoms with Gasteiger partial charge in [-0.05, 0) is 24.3 Å². The molecule has 0 aromatic heterocycles. The fourth-order valence-corrected chi connectivity index (χ4v) is 4.00. The Hall–Kier alpha value is -1.46. The molecule has 5 heteroatoms. The van der Waals surface area contributed by atoms with E-state index in [0.29, 0.717) is 0 Å². The molecule has 3 rings (SSSR count). The van der Waals surface area contributed by atoms with Crippen molar-refractivity contribution < 1.29 is 4.92 Å². The van der Waals surface area contributed by atoms with Crippen molar-refractivity contribution in [3.63, 3.8) is 0 Å². The summed E-state index contributed by atoms with van der Waals surface area (Å²) in [5.74, 6) is 0.881. The molecule has 1 aliphatic carbocycles. The summed E-state index contributed by atoms with van der Waals surface area (Å²) in [4.78, 5) is 15.5. The van der Waals surface area contributed by atoms with Crippen LogP contribution in [-0.2, 0) is 6.54 Å². The van der Waals surface area contributed by atoms with Crippen LogP contribution >= 0.6 is 0 Å². The topological polar surface area (TPSA) is 49.6 Å². The number of benzene rings is 1. The minimum atomic E-state index is -0.340. The molecule has 126 valence electrons. The number of non-ortho nitro benzene ring substituents is 1. The van der Waals surface area contributed by atoms with Gasteiger partial charge in [0.05, 0.1) is 4.92 Å². The van der Waals surface area contributed by atoms with Crippen LogP contribution in [0.15, 0.2) is 24.3 Å². The molecule has 2 fully saturated rings. The van der Waals surface area contributed by atoms with E-state index >= 15 is 0 Å². The predicted molar refractivity (Wildman–Crippen MR) is 91.4 cm³/mol. The van der Waals surface area contributed by atoms with Crippen LogP contribution in [0.2, 0.25) is 0 Å². The van der Waals surface area contributed by atoms with Crippen LogP contribution in [-0.4, -0.2) is 46.9 Å². The Morgan fingerprint density at radius 2 is 1.83 bits per heavy atom. The standard InChI is InChI=1S/C18H27N3O2/c1-15-3-2-4-18(13-15)20-11-9-19(10-12-20)14-16-5-7-17(8-6-16)21(22)23/h5-8,15,18H,2-4,9-14H2,1H3/t15-,18+/m1/s1. The first kappa shape index (κ1) is 16.4. The van der Waals surface area contributed by atoms with Crippen molar-refractivity contribution in [2.45, 2.75) is 45.2 Å². The molecule has 1 aliphatic heterocycles. The van der Waals surface area contributed by atoms with E-state index in [2.05, 4.69) is 16.7 Å². The second-order valence-electron chi connectivity index (χ2n) is 7.16. The minimum Gasteiger partial charge on any atom is -0.298 e. The second kappa shape index (κ2) is 7.41. The van der Waals surface area contributed by atoms with Crippen molar-refractivity contribution in [3.8, 4) is 0 Å². The zero-order chi connectivity index (χ0) is 16.2. The molecule has 0 radical (unpaired) electrons. The molecule has 2 aliphatic rings. The summed E-state index contributed by atoms with van der Waals surface area (Å²) in [7, 11) is 0. The largest absolute Gasteiger partial charge is 0.298 e. The Labute approximate surface area is 138 Å². The SMILES string of the molecule is C[C@@H]1CCC[C@H](N2CCN(Cc3ccc([N+](=O)[O-])cc3)CC2)C1. The number of rotatable bonds is 4. The first-order chi connectivity index (χ1) is 11.1. The van der Waals surface area contributed by atoms with Gasteiger partial charge in [-0.3, -0.25) is 19.9 Å². The summed E-state index contributed by atoms with van der Waals surface area (Å²) in [6, 6.07) is 7.77. The first-order valence-corrected chi connectivity index (χ1v) is 8.81. The number of nitrogens with zero attached hydrogens (tertiary/aromatic N) is 3. The van der Waals surface area contributed by atoms with Gasteiger partial charge >= 0.3 is 0 Å². The molecule has 2 atom stereocenters. The number of nitro benzene ring substituents is 1. The maximum atomic E-state index is 10.7. The molecule has 0 amide bonds. The van der Waals surface area contributed by atoms with E-state index in [1.807, 2.05) is 12.1 Å². The third kappa shape index (κ3) is 4.30. The highest BCUT2D eigenvalue weighted by molar-refractivity contribution is 5.32. The van der Waals surface area contributed by atoms with Crippen molar-refractivity contribution >= 4 is 5.69 Å². The Bertz CT molecular complexity index is 524. The van der Waals surface area contributed by atoms with Crippen molar-refractivity contribution in [3.05, 3.63) is 39.9 Å². The van der Waals surface area contributed by atoms with E-state index in [9.17, 15) is 10.1 Å². The maximum absolute atomic E-state index is 10.7. The molecule has 0 N–H and O–H groups in total. The summed E-state index contributed by atoms with van der Waals surface area (Å²) in [6.45, 7) is 7.79. The Kier molecular flexibility index (Phi) is 5.28. The molecular formula is C18H27N3O2. The van der Waals surface area contributed by atoms with Gasteiger partial charge in [0.2, 0.25) is 0 Å². The summed E-state index contributed by atoms with van der Waals surface area (Å²) in [5.41, 5.74) is 1.33. The van der Waals surface area contributed by atoms with E-state index < -0.39 is 0 Å². The number of hydrogen-bond donors (Lipinski definition) is 0. The van der Waals surface area contributed by atoms with Crippen molar-refractivity contribution in [1.29, 1.82) is 0 Å². The monoisotopic (exact) mass is 317 g/mol. The normalized spacial score (nSPS) is 27.0. The zero-order valence-corrected chi connectivity index (χ0v) is 14.0. The highest BCUT2D eigenvalue weighted by Crippen LogP contribution is 2.28. The van der Waals surface area contributed by atoms with Gasteiger partial charge in [0, 0.05) is 50.9 Å². The molecule has 0 spiro atoms. The average molecular weight is 317 g/mol. The van der Waals surface area contributed by atoms with Gasteiger partial charge in [-0.15, -0.1) is 0 Å². The average Bonchev–Trinajstić information content (AvgIpc) is 2.56. The van der Waals surface area contributed by atoms with Gasteiger partial charge in [0.15, 0.2) is 0 Å². The zero-order valence-electron chi connectivity index (χ0n) is 14.0. The van der Waals surface area contributed by atoms with Crippen LogP contribution in [0.25, 0.3) is 0 Å². The van der Waals surface area contributed by atoms with Gasteiger partial charge in [-0.25, -0.2) is 0 Å². The van der Waals surface area contributed by atoms with E-state index in [1.54, 1.807) is 12.1 Å². The lowest BCUT2D eigenvalue weighted by Crippen LogP contribution is -2.50. The van der Waals surface area contributed by atoms with Gasteiger partial charge in [-0.2, -0.15) is 0 Å². The molecule has 0 bridgehead atoms. The lowest BCUT2D eigenvalue weighted by Gasteiger charge is -2.42. The molecule has 1 saturated carbocycles. The van der Waals surface area contributed by atoms with Gasteiger partial charge in [0.25, 0.3) is 5.69 Å². The van der Waals surface area contributed by atoms with Gasteiger partial charge < -0.3 is 0 Å². The first-order valence-electron chi connectivity index (χ1n) is 8.81. The van der Waals surface area contributed by atoms with Crippen LogP contribution in [0, 0.1) is 16.0 Å². The third-order valence-corrected chi connectivity index (χ3v) is 5.39. The molecule has 1 aromatic rings. The van der Waals surface area contributed by atoms with Crippen LogP contribution in [0.4, 0.5) is 5.69 Å². The van der Waals surface area contributed by atoms with Crippen molar-refractivity contribution in [2.24, 2.45) is 5.92 Å². The predicted octanol–water partition coefficient (Wildman–Crippen LogP) is 3.29. The lowest BCUT2D eigenvalue weighted by atomic mass is 9.86. The smallest absolute Gasteiger partial charge is 0.269 e. The van der Waals surface area contributed by atoms with Gasteiger partial charge in [0.1, 0.15) is 0 Å². The Morgan fingerprint density at radius 3 is 2.43 bits per heavy atom. The van der Waals surface area contributed by atoms with Gasteiger partial charge in [-0.1, -0.05) is 31.9 Å². The van der Waals surface area contributed by atoms with E-state index in [1.165, 1.54) is 25.7 Å². The van der Waals surface area contributed by atoms with Crippen LogP contribution in [0.1, 0.15) is 38.2 Å². The minimum absolute atomic E-state index is 0.171. The molecule has 1 saturated heterocycles.